The number of alkyl halides is 3. The van der Waals surface area contributed by atoms with Crippen molar-refractivity contribution in [3.8, 4) is 0 Å². The van der Waals surface area contributed by atoms with E-state index in [0.717, 1.165) is 25.7 Å². The van der Waals surface area contributed by atoms with Crippen molar-refractivity contribution in [3.63, 3.8) is 0 Å². The normalized spacial score (nSPS) is 12.8. The van der Waals surface area contributed by atoms with Gasteiger partial charge in [-0.15, -0.1) is 6.58 Å². The van der Waals surface area contributed by atoms with Gasteiger partial charge in [-0.25, -0.2) is 0 Å². The summed E-state index contributed by atoms with van der Waals surface area (Å²) in [6.45, 7) is 9.02. The van der Waals surface area contributed by atoms with Crippen molar-refractivity contribution < 1.29 is 22.7 Å². The lowest BCUT2D eigenvalue weighted by Gasteiger charge is -2.18. The molecule has 20 heavy (non-hydrogen) atoms. The molecular formula is C15H22F3O2. The minimum absolute atomic E-state index is 0.0158. The molecule has 0 bridgehead atoms. The molecule has 0 aromatic carbocycles. The number of hydrogen-bond acceptors (Lipinski definition) is 2. The van der Waals surface area contributed by atoms with Crippen LogP contribution in [0.15, 0.2) is 18.4 Å². The first-order valence-electron chi connectivity index (χ1n) is 6.81. The van der Waals surface area contributed by atoms with Crippen LogP contribution in [0.5, 0.6) is 0 Å². The summed E-state index contributed by atoms with van der Waals surface area (Å²) in [7, 11) is 0. The van der Waals surface area contributed by atoms with Gasteiger partial charge in [0.25, 0.3) is 6.47 Å². The molecule has 0 aromatic rings. The average molecular weight is 291 g/mol. The summed E-state index contributed by atoms with van der Waals surface area (Å²) < 4.78 is 42.2. The molecule has 0 saturated carbocycles. The lowest BCUT2D eigenvalue weighted by atomic mass is 9.96. The summed E-state index contributed by atoms with van der Waals surface area (Å²) in [5, 5.41) is 0. The molecule has 0 aliphatic carbocycles. The molecule has 0 amide bonds. The highest BCUT2D eigenvalue weighted by Gasteiger charge is 2.37. The van der Waals surface area contributed by atoms with Gasteiger partial charge in [-0.05, 0) is 25.8 Å². The van der Waals surface area contributed by atoms with Crippen molar-refractivity contribution in [2.45, 2.75) is 57.5 Å². The van der Waals surface area contributed by atoms with E-state index in [-0.39, 0.29) is 25.1 Å². The van der Waals surface area contributed by atoms with Crippen LogP contribution in [0.1, 0.15) is 51.4 Å². The summed E-state index contributed by atoms with van der Waals surface area (Å²) in [6.07, 6.45) is 1.63. The van der Waals surface area contributed by atoms with Crippen LogP contribution < -0.4 is 0 Å². The molecule has 115 valence electrons. The summed E-state index contributed by atoms with van der Waals surface area (Å²) in [4.78, 5) is 9.97. The molecule has 1 atom stereocenters. The Labute approximate surface area is 118 Å². The first-order chi connectivity index (χ1) is 9.41. The number of hydrogen-bond donors (Lipinski definition) is 0. The molecule has 0 spiro atoms. The molecule has 1 radical (unpaired) electrons. The Bertz CT molecular complexity index is 298. The minimum Gasteiger partial charge on any atom is -0.433 e. The van der Waals surface area contributed by atoms with Gasteiger partial charge >= 0.3 is 6.18 Å². The second kappa shape index (κ2) is 10.5. The van der Waals surface area contributed by atoms with Gasteiger partial charge in [0.15, 0.2) is 0 Å². The number of halogens is 3. The summed E-state index contributed by atoms with van der Waals surface area (Å²) in [6, 6.07) is 0. The second-order valence-electron chi connectivity index (χ2n) is 4.75. The fourth-order valence-electron chi connectivity index (χ4n) is 1.96. The molecule has 0 aliphatic heterocycles. The molecule has 0 saturated heterocycles. The molecule has 5 heteroatoms. The zero-order valence-corrected chi connectivity index (χ0v) is 11.6. The highest BCUT2D eigenvalue weighted by atomic mass is 19.4. The Kier molecular flexibility index (Phi) is 9.86. The van der Waals surface area contributed by atoms with Crippen LogP contribution in [0.4, 0.5) is 13.2 Å². The van der Waals surface area contributed by atoms with E-state index in [1.165, 1.54) is 6.08 Å². The van der Waals surface area contributed by atoms with E-state index in [2.05, 4.69) is 11.3 Å². The van der Waals surface area contributed by atoms with Crippen molar-refractivity contribution in [3.05, 3.63) is 25.0 Å². The molecule has 0 N–H and O–H groups in total. The fourth-order valence-corrected chi connectivity index (χ4v) is 1.96. The van der Waals surface area contributed by atoms with Crippen LogP contribution in [-0.4, -0.2) is 12.6 Å². The monoisotopic (exact) mass is 291 g/mol. The van der Waals surface area contributed by atoms with Crippen LogP contribution in [-0.2, 0) is 9.53 Å². The third-order valence-electron chi connectivity index (χ3n) is 3.09. The van der Waals surface area contributed by atoms with Crippen LogP contribution in [0.3, 0.4) is 0 Å². The summed E-state index contributed by atoms with van der Waals surface area (Å²) >= 11 is 0. The van der Waals surface area contributed by atoms with Crippen LogP contribution >= 0.6 is 0 Å². The minimum atomic E-state index is -4.14. The standard InChI is InChI=1S/C15H22F3O2/c1-3-9-14(15(16,17)18)11-8-6-4-5-7-10-13(2)20-12-19/h2-3,12,14H,1,4-11H2/t14-/m0/s1. The number of unbranched alkanes of at least 4 members (excludes halogenated alkanes) is 4. The quantitative estimate of drug-likeness (QED) is 0.220. The number of allylic oxidation sites excluding steroid dienone is 2. The number of ether oxygens (including phenoxy) is 1. The van der Waals surface area contributed by atoms with Gasteiger partial charge in [0.05, 0.1) is 5.92 Å². The molecule has 0 rings (SSSR count). The van der Waals surface area contributed by atoms with Gasteiger partial charge in [-0.3, -0.25) is 4.79 Å². The van der Waals surface area contributed by atoms with Crippen LogP contribution in [0.25, 0.3) is 0 Å². The van der Waals surface area contributed by atoms with Gasteiger partial charge in [-0.2, -0.15) is 13.2 Å². The molecular weight excluding hydrogens is 269 g/mol. The summed E-state index contributed by atoms with van der Waals surface area (Å²) in [5.74, 6) is -1.09. The Hall–Kier alpha value is -1.26. The van der Waals surface area contributed by atoms with Gasteiger partial charge < -0.3 is 4.74 Å². The van der Waals surface area contributed by atoms with Crippen molar-refractivity contribution in [1.29, 1.82) is 0 Å². The average Bonchev–Trinajstić information content (AvgIpc) is 2.35. The van der Waals surface area contributed by atoms with E-state index >= 15 is 0 Å². The van der Waals surface area contributed by atoms with E-state index in [0.29, 0.717) is 12.8 Å². The van der Waals surface area contributed by atoms with E-state index in [9.17, 15) is 18.0 Å². The Morgan fingerprint density at radius 3 is 2.35 bits per heavy atom. The maximum atomic E-state index is 12.6. The summed E-state index contributed by atoms with van der Waals surface area (Å²) in [5.41, 5.74) is 0. The zero-order chi connectivity index (χ0) is 15.4. The highest BCUT2D eigenvalue weighted by molar-refractivity contribution is 5.39. The number of carbonyl (C=O) groups excluding carboxylic acids is 1. The Morgan fingerprint density at radius 1 is 1.20 bits per heavy atom. The number of carbonyl (C=O) groups is 1. The van der Waals surface area contributed by atoms with E-state index in [1.807, 2.05) is 0 Å². The van der Waals surface area contributed by atoms with E-state index in [4.69, 9.17) is 6.58 Å². The van der Waals surface area contributed by atoms with Gasteiger partial charge in [-0.1, -0.05) is 31.8 Å². The first-order valence-corrected chi connectivity index (χ1v) is 6.81. The van der Waals surface area contributed by atoms with Crippen LogP contribution in [0.2, 0.25) is 0 Å². The van der Waals surface area contributed by atoms with E-state index in [1.54, 1.807) is 0 Å². The smallest absolute Gasteiger partial charge is 0.392 e. The third-order valence-corrected chi connectivity index (χ3v) is 3.09. The predicted octanol–water partition coefficient (Wildman–Crippen LogP) is 4.96. The highest BCUT2D eigenvalue weighted by Crippen LogP contribution is 2.33. The Morgan fingerprint density at radius 2 is 1.80 bits per heavy atom. The SMILES string of the molecule is [CH]=C(CCCCCCC[C@H](CC=C)C(F)(F)F)OC=O. The molecule has 0 fully saturated rings. The molecule has 0 heterocycles. The lowest BCUT2D eigenvalue weighted by molar-refractivity contribution is -0.175. The van der Waals surface area contributed by atoms with Crippen molar-refractivity contribution in [2.24, 2.45) is 5.92 Å². The third kappa shape index (κ3) is 9.64. The Balaban J connectivity index is 3.62. The van der Waals surface area contributed by atoms with Gasteiger partial charge in [0.2, 0.25) is 0 Å². The fraction of sp³-hybridized carbons (Fsp3) is 0.667. The maximum absolute atomic E-state index is 12.6. The molecule has 2 nitrogen and oxygen atoms in total. The zero-order valence-electron chi connectivity index (χ0n) is 11.6. The second-order valence-corrected chi connectivity index (χ2v) is 4.75. The molecule has 0 unspecified atom stereocenters. The predicted molar refractivity (Wildman–Crippen MR) is 71.6 cm³/mol. The first kappa shape index (κ1) is 18.7. The lowest BCUT2D eigenvalue weighted by Crippen LogP contribution is -2.22. The van der Waals surface area contributed by atoms with Crippen LogP contribution in [0, 0.1) is 12.5 Å². The molecule has 0 aliphatic rings. The number of rotatable bonds is 12. The topological polar surface area (TPSA) is 26.3 Å². The van der Waals surface area contributed by atoms with E-state index < -0.39 is 12.1 Å². The van der Waals surface area contributed by atoms with Crippen molar-refractivity contribution >= 4 is 6.47 Å². The van der Waals surface area contributed by atoms with Crippen molar-refractivity contribution in [1.82, 2.24) is 0 Å². The largest absolute Gasteiger partial charge is 0.433 e. The molecule has 0 aromatic heterocycles. The van der Waals surface area contributed by atoms with Gasteiger partial charge in [0, 0.05) is 6.42 Å². The van der Waals surface area contributed by atoms with Gasteiger partial charge in [0.1, 0.15) is 5.76 Å². The van der Waals surface area contributed by atoms with Crippen molar-refractivity contribution in [2.75, 3.05) is 0 Å². The maximum Gasteiger partial charge on any atom is 0.392 e.